The van der Waals surface area contributed by atoms with Crippen molar-refractivity contribution in [2.24, 2.45) is 0 Å². The highest BCUT2D eigenvalue weighted by Crippen LogP contribution is 2.42. The van der Waals surface area contributed by atoms with Crippen LogP contribution in [0.5, 0.6) is 0 Å². The molecule has 8 heteroatoms. The summed E-state index contributed by atoms with van der Waals surface area (Å²) in [5.74, 6) is 0.932. The van der Waals surface area contributed by atoms with Crippen molar-refractivity contribution in [1.29, 1.82) is 0 Å². The summed E-state index contributed by atoms with van der Waals surface area (Å²) in [6, 6.07) is 26.0. The fourth-order valence-electron chi connectivity index (χ4n) is 5.82. The van der Waals surface area contributed by atoms with E-state index in [1.54, 1.807) is 7.11 Å². The number of anilines is 2. The lowest BCUT2D eigenvalue weighted by Crippen LogP contribution is -2.47. The van der Waals surface area contributed by atoms with Gasteiger partial charge in [0, 0.05) is 74.2 Å². The number of halogens is 2. The van der Waals surface area contributed by atoms with Gasteiger partial charge >= 0.3 is 0 Å². The van der Waals surface area contributed by atoms with E-state index in [0.29, 0.717) is 11.9 Å². The van der Waals surface area contributed by atoms with Crippen molar-refractivity contribution in [1.82, 2.24) is 19.8 Å². The number of benzene rings is 3. The Kier molecular flexibility index (Phi) is 10.1. The first-order valence-corrected chi connectivity index (χ1v) is 15.0. The van der Waals surface area contributed by atoms with Gasteiger partial charge in [0.1, 0.15) is 0 Å². The largest absolute Gasteiger partial charge is 0.383 e. The highest BCUT2D eigenvalue weighted by atomic mass is 79.9. The summed E-state index contributed by atoms with van der Waals surface area (Å²) in [4.78, 5) is 14.7. The second-order valence-corrected chi connectivity index (χ2v) is 11.6. The first-order chi connectivity index (χ1) is 19.7. The van der Waals surface area contributed by atoms with Crippen molar-refractivity contribution in [3.05, 3.63) is 106 Å². The van der Waals surface area contributed by atoms with Gasteiger partial charge in [-0.3, -0.25) is 4.90 Å². The van der Waals surface area contributed by atoms with Gasteiger partial charge in [0.25, 0.3) is 0 Å². The monoisotopic (exact) mass is 633 g/mol. The summed E-state index contributed by atoms with van der Waals surface area (Å²) in [6.07, 6.45) is 3.95. The molecule has 2 aliphatic rings. The molecule has 2 heterocycles. The molecule has 3 aromatic carbocycles. The standard InChI is InChI=1S/C33H36BrN5O.ClH/c1-40-21-20-39-18-16-38(17-19-39)15-14-24-6-12-28(13-7-24)36-33-35-23-26-22-31(25-8-10-27(34)11-9-25)29-4-2-3-5-30(29)32(26)37-33;/h2-13,23,31H,14-22H2,1H3,(H,35,36,37);1H. The predicted octanol–water partition coefficient (Wildman–Crippen LogP) is 6.57. The van der Waals surface area contributed by atoms with Crippen LogP contribution in [0.3, 0.4) is 0 Å². The van der Waals surface area contributed by atoms with Crippen LogP contribution in [-0.4, -0.2) is 72.8 Å². The van der Waals surface area contributed by atoms with Gasteiger partial charge in [-0.2, -0.15) is 0 Å². The number of rotatable bonds is 9. The predicted molar refractivity (Wildman–Crippen MR) is 173 cm³/mol. The highest BCUT2D eigenvalue weighted by molar-refractivity contribution is 9.10. The molecule has 1 N–H and O–H groups in total. The summed E-state index contributed by atoms with van der Waals surface area (Å²) in [7, 11) is 1.77. The van der Waals surface area contributed by atoms with Crippen LogP contribution in [0.25, 0.3) is 11.3 Å². The lowest BCUT2D eigenvalue weighted by molar-refractivity contribution is 0.0976. The SMILES string of the molecule is COCCN1CCN(CCc2ccc(Nc3ncc4c(n3)-c3ccccc3C(c3ccc(Br)cc3)C4)cc2)CC1.Cl. The van der Waals surface area contributed by atoms with Crippen molar-refractivity contribution >= 4 is 40.0 Å². The van der Waals surface area contributed by atoms with Gasteiger partial charge in [0.2, 0.25) is 5.95 Å². The zero-order valence-corrected chi connectivity index (χ0v) is 25.8. The number of aromatic nitrogens is 2. The van der Waals surface area contributed by atoms with E-state index in [4.69, 9.17) is 14.7 Å². The molecule has 4 aromatic rings. The summed E-state index contributed by atoms with van der Waals surface area (Å²) in [5.41, 5.74) is 8.40. The number of fused-ring (bicyclic) bond motifs is 3. The quantitative estimate of drug-likeness (QED) is 0.225. The molecule has 6 nitrogen and oxygen atoms in total. The summed E-state index contributed by atoms with van der Waals surface area (Å²) < 4.78 is 6.31. The number of methoxy groups -OCH3 is 1. The van der Waals surface area contributed by atoms with E-state index in [2.05, 4.69) is 104 Å². The molecule has 1 unspecified atom stereocenters. The lowest BCUT2D eigenvalue weighted by Gasteiger charge is -2.34. The minimum absolute atomic E-state index is 0. The molecule has 1 aromatic heterocycles. The molecular weight excluding hydrogens is 598 g/mol. The van der Waals surface area contributed by atoms with E-state index < -0.39 is 0 Å². The van der Waals surface area contributed by atoms with Crippen LogP contribution in [0.1, 0.15) is 28.2 Å². The van der Waals surface area contributed by atoms with E-state index >= 15 is 0 Å². The van der Waals surface area contributed by atoms with Crippen LogP contribution in [-0.2, 0) is 17.6 Å². The van der Waals surface area contributed by atoms with Gasteiger partial charge in [0.15, 0.2) is 0 Å². The van der Waals surface area contributed by atoms with Gasteiger partial charge in [-0.15, -0.1) is 12.4 Å². The molecule has 1 saturated heterocycles. The molecular formula is C33H37BrClN5O. The minimum Gasteiger partial charge on any atom is -0.383 e. The summed E-state index contributed by atoms with van der Waals surface area (Å²) >= 11 is 3.56. The van der Waals surface area contributed by atoms with Crippen molar-refractivity contribution in [2.75, 3.05) is 58.3 Å². The van der Waals surface area contributed by atoms with Gasteiger partial charge in [-0.1, -0.05) is 64.5 Å². The Balaban J connectivity index is 0.00000337. The molecule has 0 saturated carbocycles. The Bertz CT molecular complexity index is 1420. The average molecular weight is 635 g/mol. The first-order valence-electron chi connectivity index (χ1n) is 14.2. The molecule has 1 aliphatic carbocycles. The zero-order chi connectivity index (χ0) is 27.3. The van der Waals surface area contributed by atoms with Gasteiger partial charge in [0.05, 0.1) is 12.3 Å². The fourth-order valence-corrected chi connectivity index (χ4v) is 6.08. The normalized spacial score (nSPS) is 16.9. The minimum atomic E-state index is 0. The molecule has 1 fully saturated rings. The molecule has 0 amide bonds. The van der Waals surface area contributed by atoms with Crippen molar-refractivity contribution < 1.29 is 4.74 Å². The highest BCUT2D eigenvalue weighted by Gasteiger charge is 2.27. The topological polar surface area (TPSA) is 53.5 Å². The van der Waals surface area contributed by atoms with Crippen LogP contribution < -0.4 is 5.32 Å². The summed E-state index contributed by atoms with van der Waals surface area (Å²) in [6.45, 7) is 7.46. The molecule has 0 radical (unpaired) electrons. The number of nitrogens with one attached hydrogen (secondary N) is 1. The zero-order valence-electron chi connectivity index (χ0n) is 23.4. The summed E-state index contributed by atoms with van der Waals surface area (Å²) in [5, 5.41) is 3.43. The molecule has 1 atom stereocenters. The van der Waals surface area contributed by atoms with E-state index in [-0.39, 0.29) is 12.4 Å². The number of hydrogen-bond acceptors (Lipinski definition) is 6. The first kappa shape index (κ1) is 29.7. The second kappa shape index (κ2) is 13.9. The van der Waals surface area contributed by atoms with E-state index in [9.17, 15) is 0 Å². The molecule has 41 heavy (non-hydrogen) atoms. The number of nitrogens with zero attached hydrogens (tertiary/aromatic N) is 4. The van der Waals surface area contributed by atoms with Gasteiger partial charge in [-0.25, -0.2) is 9.97 Å². The van der Waals surface area contributed by atoms with Crippen LogP contribution in [0.4, 0.5) is 11.6 Å². The maximum absolute atomic E-state index is 5.21. The van der Waals surface area contributed by atoms with Crippen molar-refractivity contribution in [3.63, 3.8) is 0 Å². The molecule has 0 spiro atoms. The van der Waals surface area contributed by atoms with Crippen LogP contribution in [0.2, 0.25) is 0 Å². The van der Waals surface area contributed by atoms with Gasteiger partial charge in [-0.05, 0) is 59.4 Å². The number of piperazine rings is 1. The Morgan fingerprint density at radius 1 is 0.902 bits per heavy atom. The van der Waals surface area contributed by atoms with E-state index in [0.717, 1.165) is 74.6 Å². The van der Waals surface area contributed by atoms with Crippen molar-refractivity contribution in [3.8, 4) is 11.3 Å². The smallest absolute Gasteiger partial charge is 0.227 e. The Morgan fingerprint density at radius 2 is 1.61 bits per heavy atom. The second-order valence-electron chi connectivity index (χ2n) is 10.7. The fraction of sp³-hybridized carbons (Fsp3) is 0.333. The third-order valence-corrected chi connectivity index (χ3v) is 8.68. The van der Waals surface area contributed by atoms with E-state index in [1.807, 2.05) is 6.20 Å². The van der Waals surface area contributed by atoms with E-state index in [1.165, 1.54) is 27.8 Å². The maximum Gasteiger partial charge on any atom is 0.227 e. The third-order valence-electron chi connectivity index (χ3n) is 8.16. The number of ether oxygens (including phenoxy) is 1. The van der Waals surface area contributed by atoms with Crippen molar-refractivity contribution in [2.45, 2.75) is 18.8 Å². The van der Waals surface area contributed by atoms with Gasteiger partial charge < -0.3 is 15.0 Å². The molecule has 0 bridgehead atoms. The lowest BCUT2D eigenvalue weighted by atomic mass is 9.78. The molecule has 1 aliphatic heterocycles. The third kappa shape index (κ3) is 7.16. The molecule has 214 valence electrons. The van der Waals surface area contributed by atoms with Crippen LogP contribution in [0, 0.1) is 0 Å². The maximum atomic E-state index is 5.21. The Morgan fingerprint density at radius 3 is 2.34 bits per heavy atom. The number of hydrogen-bond donors (Lipinski definition) is 1. The Labute approximate surface area is 257 Å². The molecule has 6 rings (SSSR count). The van der Waals surface area contributed by atoms with Crippen LogP contribution >= 0.6 is 28.3 Å². The average Bonchev–Trinajstić information content (AvgIpc) is 3.00. The Hall–Kier alpha value is -2.81. The van der Waals surface area contributed by atoms with Crippen LogP contribution in [0.15, 0.2) is 83.5 Å².